The van der Waals surface area contributed by atoms with E-state index in [1.165, 1.54) is 30.2 Å². The van der Waals surface area contributed by atoms with Gasteiger partial charge < -0.3 is 19.1 Å². The maximum absolute atomic E-state index is 13.5. The number of halogens is 3. The highest BCUT2D eigenvalue weighted by Crippen LogP contribution is 2.64. The van der Waals surface area contributed by atoms with Gasteiger partial charge in [0, 0.05) is 49.0 Å². The van der Waals surface area contributed by atoms with Gasteiger partial charge in [0.15, 0.2) is 11.5 Å². The van der Waals surface area contributed by atoms with Crippen LogP contribution in [0.15, 0.2) is 66.7 Å². The number of hydrogen-bond acceptors (Lipinski definition) is 6. The van der Waals surface area contributed by atoms with E-state index < -0.39 is 23.8 Å². The van der Waals surface area contributed by atoms with Gasteiger partial charge in [0.25, 0.3) is 5.91 Å². The number of likely N-dealkylation sites (N-methyl/N-ethyl adjacent to an activating group) is 1. The first-order valence-electron chi connectivity index (χ1n) is 16.3. The van der Waals surface area contributed by atoms with Crippen LogP contribution in [0.2, 0.25) is 0 Å². The van der Waals surface area contributed by atoms with E-state index in [9.17, 15) is 22.8 Å². The predicted molar refractivity (Wildman–Crippen MR) is 171 cm³/mol. The summed E-state index contributed by atoms with van der Waals surface area (Å²) in [5.74, 6) is 6.33. The van der Waals surface area contributed by atoms with Crippen LogP contribution in [0.25, 0.3) is 0 Å². The maximum Gasteiger partial charge on any atom is 0.416 e. The third-order valence-electron chi connectivity index (χ3n) is 10.8. The summed E-state index contributed by atoms with van der Waals surface area (Å²) in [6.07, 6.45) is -1.99. The number of nitrogens with zero attached hydrogens (tertiary/aromatic N) is 2. The van der Waals surface area contributed by atoms with Gasteiger partial charge in [0.05, 0.1) is 18.7 Å². The van der Waals surface area contributed by atoms with Crippen molar-refractivity contribution in [2.75, 3.05) is 27.2 Å². The Bertz CT molecular complexity index is 1780. The molecule has 1 unspecified atom stereocenters. The monoisotopic (exact) mass is 658 g/mol. The summed E-state index contributed by atoms with van der Waals surface area (Å²) in [6.45, 7) is 2.78. The van der Waals surface area contributed by atoms with Gasteiger partial charge in [0.2, 0.25) is 0 Å². The zero-order valence-electron chi connectivity index (χ0n) is 27.0. The molecule has 2 bridgehead atoms. The summed E-state index contributed by atoms with van der Waals surface area (Å²) < 4.78 is 57.5. The van der Waals surface area contributed by atoms with Crippen molar-refractivity contribution >= 4 is 11.9 Å². The number of methoxy groups -OCH3 is 1. The van der Waals surface area contributed by atoms with E-state index >= 15 is 0 Å². The zero-order valence-corrected chi connectivity index (χ0v) is 27.0. The highest BCUT2D eigenvalue weighted by atomic mass is 19.4. The first-order chi connectivity index (χ1) is 23.0. The fourth-order valence-electron chi connectivity index (χ4n) is 8.77. The van der Waals surface area contributed by atoms with Crippen LogP contribution in [0.4, 0.5) is 13.2 Å². The number of alkyl halides is 3. The third-order valence-corrected chi connectivity index (χ3v) is 10.8. The molecule has 10 heteroatoms. The number of rotatable bonds is 6. The molecule has 0 radical (unpaired) electrons. The highest BCUT2D eigenvalue weighted by Gasteiger charge is 2.66. The largest absolute Gasteiger partial charge is 0.493 e. The number of amides is 1. The molecule has 1 saturated carbocycles. The normalized spacial score (nSPS) is 25.9. The summed E-state index contributed by atoms with van der Waals surface area (Å²) in [4.78, 5) is 29.8. The van der Waals surface area contributed by atoms with Crippen LogP contribution in [-0.2, 0) is 32.3 Å². The second kappa shape index (κ2) is 12.2. The van der Waals surface area contributed by atoms with Gasteiger partial charge in [0.1, 0.15) is 12.2 Å². The Morgan fingerprint density at radius 1 is 1.08 bits per heavy atom. The number of ether oxygens (including phenoxy) is 3. The molecule has 1 spiro atoms. The summed E-state index contributed by atoms with van der Waals surface area (Å²) in [7, 11) is 3.37. The summed E-state index contributed by atoms with van der Waals surface area (Å²) in [6, 6.07) is 18.3. The number of piperidine rings is 1. The molecule has 0 aromatic heterocycles. The Morgan fingerprint density at radius 2 is 1.83 bits per heavy atom. The molecule has 2 aliphatic heterocycles. The zero-order chi connectivity index (χ0) is 33.8. The van der Waals surface area contributed by atoms with E-state index in [-0.39, 0.29) is 35.5 Å². The van der Waals surface area contributed by atoms with Gasteiger partial charge in [-0.05, 0) is 79.6 Å². The van der Waals surface area contributed by atoms with E-state index in [0.717, 1.165) is 49.3 Å². The molecular weight excluding hydrogens is 621 g/mol. The molecule has 4 aliphatic rings. The predicted octanol–water partition coefficient (Wildman–Crippen LogP) is 5.94. The summed E-state index contributed by atoms with van der Waals surface area (Å²) in [5, 5.41) is 0. The Kier molecular flexibility index (Phi) is 8.15. The maximum atomic E-state index is 13.5. The molecule has 250 valence electrons. The molecule has 1 amide bonds. The van der Waals surface area contributed by atoms with Gasteiger partial charge in [-0.2, -0.15) is 13.2 Å². The molecule has 2 heterocycles. The minimum absolute atomic E-state index is 0.180. The lowest BCUT2D eigenvalue weighted by atomic mass is 9.51. The van der Waals surface area contributed by atoms with Crippen LogP contribution >= 0.6 is 0 Å². The molecule has 6 atom stereocenters. The van der Waals surface area contributed by atoms with Crippen molar-refractivity contribution in [1.82, 2.24) is 9.80 Å². The topological polar surface area (TPSA) is 68.3 Å². The minimum atomic E-state index is -4.44. The second-order valence-corrected chi connectivity index (χ2v) is 13.2. The van der Waals surface area contributed by atoms with Crippen LogP contribution in [0, 0.1) is 17.8 Å². The number of hydrogen-bond donors (Lipinski definition) is 0. The van der Waals surface area contributed by atoms with Crippen molar-refractivity contribution in [2.24, 2.45) is 5.92 Å². The van der Waals surface area contributed by atoms with Crippen LogP contribution < -0.4 is 9.47 Å². The van der Waals surface area contributed by atoms with Crippen LogP contribution in [-0.4, -0.2) is 67.1 Å². The average molecular weight is 659 g/mol. The lowest BCUT2D eigenvalue weighted by Gasteiger charge is -2.60. The van der Waals surface area contributed by atoms with Crippen molar-refractivity contribution < 1.29 is 37.0 Å². The Labute approximate surface area is 278 Å². The molecule has 3 aromatic rings. The molecule has 7 rings (SSSR count). The average Bonchev–Trinajstić information content (AvgIpc) is 3.42. The summed E-state index contributed by atoms with van der Waals surface area (Å²) in [5.41, 5.74) is 2.57. The molecule has 7 nitrogen and oxygen atoms in total. The van der Waals surface area contributed by atoms with E-state index in [2.05, 4.69) is 22.8 Å². The molecule has 48 heavy (non-hydrogen) atoms. The Balaban J connectivity index is 1.18. The fraction of sp³-hybridized carbons (Fsp3) is 0.421. The molecule has 1 saturated heterocycles. The van der Waals surface area contributed by atoms with Crippen molar-refractivity contribution in [1.29, 1.82) is 0 Å². The summed E-state index contributed by atoms with van der Waals surface area (Å²) >= 11 is 0. The van der Waals surface area contributed by atoms with Crippen molar-refractivity contribution in [3.05, 3.63) is 94.5 Å². The van der Waals surface area contributed by atoms with Crippen molar-refractivity contribution in [2.45, 2.75) is 68.5 Å². The van der Waals surface area contributed by atoms with Crippen molar-refractivity contribution in [3.63, 3.8) is 0 Å². The number of likely N-dealkylation sites (tertiary alicyclic amines) is 1. The Morgan fingerprint density at radius 3 is 2.52 bits per heavy atom. The third kappa shape index (κ3) is 5.38. The van der Waals surface area contributed by atoms with E-state index in [1.54, 1.807) is 19.1 Å². The fourth-order valence-corrected chi connectivity index (χ4v) is 8.77. The Hall–Kier alpha value is -4.49. The van der Waals surface area contributed by atoms with Gasteiger partial charge in [-0.3, -0.25) is 14.5 Å². The lowest BCUT2D eigenvalue weighted by molar-refractivity contribution is -0.150. The number of carbonyl (C=O) groups excluding carboxylic acids is 2. The van der Waals surface area contributed by atoms with Gasteiger partial charge in [-0.25, -0.2) is 0 Å². The standard InChI is InChI=1S/C38H37F3N2O5/c1-23(44)47-32(25-7-5-4-6-8-25)22-43-20-19-37-28-15-16-29(36(37)48-35-31(46-3)17-12-26(34(35)37)21-30(28)43)42(2)33(45)18-11-24-9-13-27(14-10-24)38(39,40)41/h4-10,12-14,17,28-30,32,36H,15-16,19-22H2,1-3H3/t28-,29-,30+,32?,36-,37-/m0/s1. The molecule has 3 aromatic carbocycles. The van der Waals surface area contributed by atoms with Crippen LogP contribution in [0.3, 0.4) is 0 Å². The minimum Gasteiger partial charge on any atom is -0.493 e. The molecular formula is C38H37F3N2O5. The van der Waals surface area contributed by atoms with E-state index in [0.29, 0.717) is 24.3 Å². The number of benzene rings is 3. The lowest BCUT2D eigenvalue weighted by Crippen LogP contribution is -2.69. The quantitative estimate of drug-likeness (QED) is 0.242. The molecule has 2 fully saturated rings. The first kappa shape index (κ1) is 32.1. The van der Waals surface area contributed by atoms with E-state index in [4.69, 9.17) is 14.2 Å². The first-order valence-corrected chi connectivity index (χ1v) is 16.3. The van der Waals surface area contributed by atoms with Gasteiger partial charge in [-0.1, -0.05) is 42.3 Å². The highest BCUT2D eigenvalue weighted by molar-refractivity contribution is 5.94. The molecule has 2 aliphatic carbocycles. The van der Waals surface area contributed by atoms with Crippen molar-refractivity contribution in [3.8, 4) is 23.3 Å². The van der Waals surface area contributed by atoms with E-state index in [1.807, 2.05) is 36.4 Å². The smallest absolute Gasteiger partial charge is 0.416 e. The number of carbonyl (C=O) groups is 2. The van der Waals surface area contributed by atoms with Gasteiger partial charge in [-0.15, -0.1) is 0 Å². The molecule has 0 N–H and O–H groups in total. The second-order valence-electron chi connectivity index (χ2n) is 13.2. The van der Waals surface area contributed by atoms with Crippen LogP contribution in [0.1, 0.15) is 60.1 Å². The SMILES string of the molecule is COc1ccc2c3c1O[C@H]1[C@@H](N(C)C(=O)C#Cc4ccc(C(F)(F)F)cc4)CC[C@H]4[C@@H](C2)N(CC(OC(C)=O)c2ccccc2)CC[C@@]341. The number of esters is 1. The van der Waals surface area contributed by atoms with Crippen LogP contribution in [0.5, 0.6) is 11.5 Å². The van der Waals surface area contributed by atoms with Gasteiger partial charge >= 0.3 is 12.1 Å².